The zero-order valence-corrected chi connectivity index (χ0v) is 15.8. The summed E-state index contributed by atoms with van der Waals surface area (Å²) in [7, 11) is 0. The normalized spacial score (nSPS) is 10.5. The maximum atomic E-state index is 12.1. The maximum absolute atomic E-state index is 12.1. The number of rotatable bonds is 7. The molecule has 0 aliphatic carbocycles. The van der Waals surface area contributed by atoms with Crippen LogP contribution in [0.4, 0.5) is 11.4 Å². The topological polar surface area (TPSA) is 67.4 Å². The SMILES string of the molecule is Cc1cccc(OCC(=O)Nc2ccc(NC(=O)CC(C)C)cc2)c1C. The standard InChI is InChI=1S/C21H26N2O3/c1-14(2)12-20(24)22-17-8-10-18(11-9-17)23-21(25)13-26-19-7-5-6-15(3)16(19)4/h5-11,14H,12-13H2,1-4H3,(H,22,24)(H,23,25). The third kappa shape index (κ3) is 5.92. The third-order valence-corrected chi connectivity index (χ3v) is 3.96. The maximum Gasteiger partial charge on any atom is 0.262 e. The second-order valence-electron chi connectivity index (χ2n) is 6.76. The van der Waals surface area contributed by atoms with Crippen LogP contribution >= 0.6 is 0 Å². The Labute approximate surface area is 154 Å². The number of nitrogens with one attached hydrogen (secondary N) is 2. The number of ether oxygens (including phenoxy) is 1. The monoisotopic (exact) mass is 354 g/mol. The van der Waals surface area contributed by atoms with Crippen LogP contribution in [-0.4, -0.2) is 18.4 Å². The summed E-state index contributed by atoms with van der Waals surface area (Å²) < 4.78 is 5.60. The molecule has 0 saturated heterocycles. The van der Waals surface area contributed by atoms with Crippen molar-refractivity contribution < 1.29 is 14.3 Å². The van der Waals surface area contributed by atoms with E-state index in [1.807, 2.05) is 45.9 Å². The predicted molar refractivity (Wildman–Crippen MR) is 105 cm³/mol. The molecule has 2 amide bonds. The molecule has 0 bridgehead atoms. The van der Waals surface area contributed by atoms with Crippen molar-refractivity contribution in [1.29, 1.82) is 0 Å². The van der Waals surface area contributed by atoms with Crippen molar-refractivity contribution in [3.63, 3.8) is 0 Å². The summed E-state index contributed by atoms with van der Waals surface area (Å²) in [5.74, 6) is 0.773. The molecule has 0 radical (unpaired) electrons. The van der Waals surface area contributed by atoms with Gasteiger partial charge in [0, 0.05) is 17.8 Å². The van der Waals surface area contributed by atoms with Crippen molar-refractivity contribution in [2.75, 3.05) is 17.2 Å². The molecule has 26 heavy (non-hydrogen) atoms. The lowest BCUT2D eigenvalue weighted by Crippen LogP contribution is -2.20. The van der Waals surface area contributed by atoms with E-state index in [2.05, 4.69) is 10.6 Å². The Kier molecular flexibility index (Phi) is 6.78. The zero-order chi connectivity index (χ0) is 19.1. The van der Waals surface area contributed by atoms with Crippen LogP contribution in [0.5, 0.6) is 5.75 Å². The smallest absolute Gasteiger partial charge is 0.262 e. The molecule has 0 aliphatic heterocycles. The first kappa shape index (κ1) is 19.5. The summed E-state index contributed by atoms with van der Waals surface area (Å²) >= 11 is 0. The summed E-state index contributed by atoms with van der Waals surface area (Å²) in [4.78, 5) is 23.8. The molecular weight excluding hydrogens is 328 g/mol. The summed E-state index contributed by atoms with van der Waals surface area (Å²) in [6.45, 7) is 7.91. The van der Waals surface area contributed by atoms with Gasteiger partial charge in [-0.1, -0.05) is 26.0 Å². The number of anilines is 2. The van der Waals surface area contributed by atoms with E-state index in [1.54, 1.807) is 24.3 Å². The Morgan fingerprint density at radius 1 is 0.923 bits per heavy atom. The van der Waals surface area contributed by atoms with E-state index in [0.29, 0.717) is 29.5 Å². The molecule has 0 unspecified atom stereocenters. The van der Waals surface area contributed by atoms with Crippen molar-refractivity contribution in [2.45, 2.75) is 34.1 Å². The first-order chi connectivity index (χ1) is 12.3. The first-order valence-corrected chi connectivity index (χ1v) is 8.74. The van der Waals surface area contributed by atoms with Crippen molar-refractivity contribution in [3.05, 3.63) is 53.6 Å². The van der Waals surface area contributed by atoms with Gasteiger partial charge in [0.2, 0.25) is 5.91 Å². The average Bonchev–Trinajstić information content (AvgIpc) is 2.57. The van der Waals surface area contributed by atoms with Crippen LogP contribution in [0.25, 0.3) is 0 Å². The van der Waals surface area contributed by atoms with Crippen molar-refractivity contribution in [1.82, 2.24) is 0 Å². The van der Waals surface area contributed by atoms with E-state index < -0.39 is 0 Å². The van der Waals surface area contributed by atoms with Gasteiger partial charge in [0.25, 0.3) is 5.91 Å². The number of carbonyl (C=O) groups is 2. The van der Waals surface area contributed by atoms with Gasteiger partial charge in [-0.05, 0) is 61.2 Å². The molecule has 5 nitrogen and oxygen atoms in total. The molecule has 5 heteroatoms. The molecule has 138 valence electrons. The van der Waals surface area contributed by atoms with Crippen molar-refractivity contribution >= 4 is 23.2 Å². The highest BCUT2D eigenvalue weighted by Crippen LogP contribution is 2.20. The fourth-order valence-corrected chi connectivity index (χ4v) is 2.44. The van der Waals surface area contributed by atoms with E-state index in [4.69, 9.17) is 4.74 Å². The number of aryl methyl sites for hydroxylation is 1. The van der Waals surface area contributed by atoms with Gasteiger partial charge in [-0.15, -0.1) is 0 Å². The summed E-state index contributed by atoms with van der Waals surface area (Å²) in [6.07, 6.45) is 0.480. The van der Waals surface area contributed by atoms with Crippen LogP contribution < -0.4 is 15.4 Å². The lowest BCUT2D eigenvalue weighted by molar-refractivity contribution is -0.118. The van der Waals surface area contributed by atoms with Crippen LogP contribution in [0.15, 0.2) is 42.5 Å². The molecule has 0 aromatic heterocycles. The van der Waals surface area contributed by atoms with Gasteiger partial charge in [0.1, 0.15) is 5.75 Å². The lowest BCUT2D eigenvalue weighted by atomic mass is 10.1. The van der Waals surface area contributed by atoms with Gasteiger partial charge in [0.15, 0.2) is 6.61 Å². The summed E-state index contributed by atoms with van der Waals surface area (Å²) in [5, 5.41) is 5.62. The molecule has 2 N–H and O–H groups in total. The third-order valence-electron chi connectivity index (χ3n) is 3.96. The van der Waals surface area contributed by atoms with Crippen molar-refractivity contribution in [2.24, 2.45) is 5.92 Å². The molecule has 0 fully saturated rings. The largest absolute Gasteiger partial charge is 0.483 e. The van der Waals surface area contributed by atoms with Crippen LogP contribution in [0, 0.1) is 19.8 Å². The molecule has 0 spiro atoms. The second-order valence-corrected chi connectivity index (χ2v) is 6.76. The number of carbonyl (C=O) groups excluding carboxylic acids is 2. The predicted octanol–water partition coefficient (Wildman–Crippen LogP) is 4.31. The van der Waals surface area contributed by atoms with E-state index in [9.17, 15) is 9.59 Å². The Bertz CT molecular complexity index is 767. The Morgan fingerprint density at radius 3 is 2.08 bits per heavy atom. The summed E-state index contributed by atoms with van der Waals surface area (Å²) in [5.41, 5.74) is 3.52. The molecule has 0 atom stereocenters. The van der Waals surface area contributed by atoms with Crippen LogP contribution in [0.2, 0.25) is 0 Å². The molecule has 0 heterocycles. The van der Waals surface area contributed by atoms with E-state index in [-0.39, 0.29) is 18.4 Å². The van der Waals surface area contributed by atoms with E-state index in [0.717, 1.165) is 11.1 Å². The van der Waals surface area contributed by atoms with Crippen LogP contribution in [-0.2, 0) is 9.59 Å². The highest BCUT2D eigenvalue weighted by atomic mass is 16.5. The van der Waals surface area contributed by atoms with Crippen LogP contribution in [0.1, 0.15) is 31.4 Å². The summed E-state index contributed by atoms with van der Waals surface area (Å²) in [6, 6.07) is 12.8. The number of amides is 2. The quantitative estimate of drug-likeness (QED) is 0.779. The van der Waals surface area contributed by atoms with E-state index in [1.165, 1.54) is 0 Å². The first-order valence-electron chi connectivity index (χ1n) is 8.74. The van der Waals surface area contributed by atoms with Crippen molar-refractivity contribution in [3.8, 4) is 5.75 Å². The number of benzene rings is 2. The molecular formula is C21H26N2O3. The number of hydrogen-bond acceptors (Lipinski definition) is 3. The van der Waals surface area contributed by atoms with Gasteiger partial charge in [-0.2, -0.15) is 0 Å². The van der Waals surface area contributed by atoms with Crippen LogP contribution in [0.3, 0.4) is 0 Å². The molecule has 0 aliphatic rings. The lowest BCUT2D eigenvalue weighted by Gasteiger charge is -2.11. The fourth-order valence-electron chi connectivity index (χ4n) is 2.44. The zero-order valence-electron chi connectivity index (χ0n) is 15.8. The van der Waals surface area contributed by atoms with Gasteiger partial charge < -0.3 is 15.4 Å². The average molecular weight is 354 g/mol. The minimum atomic E-state index is -0.234. The Morgan fingerprint density at radius 2 is 1.50 bits per heavy atom. The van der Waals surface area contributed by atoms with E-state index >= 15 is 0 Å². The molecule has 2 aromatic carbocycles. The minimum Gasteiger partial charge on any atom is -0.483 e. The highest BCUT2D eigenvalue weighted by molar-refractivity contribution is 5.93. The molecule has 0 saturated carbocycles. The minimum absolute atomic E-state index is 0.0151. The van der Waals surface area contributed by atoms with Gasteiger partial charge in [-0.25, -0.2) is 0 Å². The Balaban J connectivity index is 1.85. The molecule has 2 rings (SSSR count). The number of hydrogen-bond donors (Lipinski definition) is 2. The highest BCUT2D eigenvalue weighted by Gasteiger charge is 2.08. The molecule has 2 aromatic rings. The van der Waals surface area contributed by atoms with Gasteiger partial charge >= 0.3 is 0 Å². The fraction of sp³-hybridized carbons (Fsp3) is 0.333. The Hall–Kier alpha value is -2.82. The second kappa shape index (κ2) is 9.04. The van der Waals surface area contributed by atoms with Gasteiger partial charge in [0.05, 0.1) is 0 Å². The van der Waals surface area contributed by atoms with Gasteiger partial charge in [-0.3, -0.25) is 9.59 Å².